The Labute approximate surface area is 150 Å². The van der Waals surface area contributed by atoms with Crippen LogP contribution in [-0.4, -0.2) is 38.3 Å². The first kappa shape index (κ1) is 19.0. The van der Waals surface area contributed by atoms with Gasteiger partial charge < -0.3 is 15.2 Å². The fourth-order valence-corrected chi connectivity index (χ4v) is 2.59. The molecular formula is C16H23N5O3S. The third-order valence-corrected chi connectivity index (χ3v) is 4.21. The normalized spacial score (nSPS) is 11.4. The molecule has 2 aromatic rings. The number of nitrogens with zero attached hydrogens (tertiary/aromatic N) is 3. The molecule has 0 fully saturated rings. The summed E-state index contributed by atoms with van der Waals surface area (Å²) in [6.45, 7) is 7.93. The maximum absolute atomic E-state index is 12.0. The molecule has 0 aliphatic heterocycles. The number of nitrogens with one attached hydrogen (secondary N) is 2. The van der Waals surface area contributed by atoms with Crippen LogP contribution in [0.5, 0.6) is 0 Å². The van der Waals surface area contributed by atoms with Crippen LogP contribution >= 0.6 is 11.8 Å². The number of rotatable bonds is 6. The van der Waals surface area contributed by atoms with Crippen LogP contribution < -0.4 is 10.6 Å². The summed E-state index contributed by atoms with van der Waals surface area (Å²) in [6, 6.07) is 3.49. The van der Waals surface area contributed by atoms with E-state index in [-0.39, 0.29) is 28.7 Å². The van der Waals surface area contributed by atoms with Crippen molar-refractivity contribution in [2.45, 2.75) is 33.1 Å². The van der Waals surface area contributed by atoms with Crippen LogP contribution in [0.2, 0.25) is 0 Å². The highest BCUT2D eigenvalue weighted by molar-refractivity contribution is 8.00. The largest absolute Gasteiger partial charge is 0.360 e. The number of amides is 2. The smallest absolute Gasteiger partial charge is 0.235 e. The van der Waals surface area contributed by atoms with Crippen LogP contribution in [0.1, 0.15) is 32.2 Å². The lowest BCUT2D eigenvalue weighted by Gasteiger charge is -2.13. The number of hydrogen-bond acceptors (Lipinski definition) is 6. The number of hydrogen-bond donors (Lipinski definition) is 2. The maximum atomic E-state index is 12.0. The topological polar surface area (TPSA) is 102 Å². The Morgan fingerprint density at radius 3 is 2.36 bits per heavy atom. The van der Waals surface area contributed by atoms with Gasteiger partial charge in [-0.25, -0.2) is 0 Å². The van der Waals surface area contributed by atoms with Crippen LogP contribution in [0.3, 0.4) is 0 Å². The molecule has 2 heterocycles. The molecule has 2 aromatic heterocycles. The Bertz CT molecular complexity index is 760. The van der Waals surface area contributed by atoms with Crippen LogP contribution in [0.4, 0.5) is 11.6 Å². The van der Waals surface area contributed by atoms with Gasteiger partial charge in [0.2, 0.25) is 11.8 Å². The lowest BCUT2D eigenvalue weighted by Crippen LogP contribution is -2.19. The standard InChI is InChI=1S/C16H23N5O3S/c1-10-6-12(20-24-10)17-14(22)8-25-9-15(23)18-13-7-11(16(2,3)4)19-21(13)5/h6-7H,8-9H2,1-5H3,(H,18,23)(H,17,20,22). The molecule has 0 aromatic carbocycles. The number of thioether (sulfide) groups is 1. The molecule has 2 amide bonds. The molecule has 0 spiro atoms. The molecule has 0 unspecified atom stereocenters. The first-order valence-electron chi connectivity index (χ1n) is 7.80. The van der Waals surface area contributed by atoms with E-state index in [1.165, 1.54) is 11.8 Å². The summed E-state index contributed by atoms with van der Waals surface area (Å²) in [5, 5.41) is 13.5. The van der Waals surface area contributed by atoms with Crippen LogP contribution in [-0.2, 0) is 22.1 Å². The molecule has 0 aliphatic rings. The summed E-state index contributed by atoms with van der Waals surface area (Å²) in [4.78, 5) is 23.8. The van der Waals surface area contributed by atoms with Gasteiger partial charge in [0, 0.05) is 24.6 Å². The summed E-state index contributed by atoms with van der Waals surface area (Å²) < 4.78 is 6.51. The molecule has 0 bridgehead atoms. The quantitative estimate of drug-likeness (QED) is 0.814. The minimum atomic E-state index is -0.235. The van der Waals surface area contributed by atoms with Gasteiger partial charge in [0.1, 0.15) is 11.6 Å². The van der Waals surface area contributed by atoms with Gasteiger partial charge in [0.05, 0.1) is 17.2 Å². The SMILES string of the molecule is Cc1cc(NC(=O)CSCC(=O)Nc2cc(C(C)(C)C)nn2C)no1. The zero-order valence-electron chi connectivity index (χ0n) is 15.0. The third-order valence-electron chi connectivity index (χ3n) is 3.28. The van der Waals surface area contributed by atoms with Crippen LogP contribution in [0, 0.1) is 6.92 Å². The number of anilines is 2. The molecule has 0 radical (unpaired) electrons. The van der Waals surface area contributed by atoms with Crippen LogP contribution in [0.25, 0.3) is 0 Å². The summed E-state index contributed by atoms with van der Waals surface area (Å²) in [7, 11) is 1.78. The fraction of sp³-hybridized carbons (Fsp3) is 0.500. The lowest BCUT2D eigenvalue weighted by atomic mass is 9.92. The van der Waals surface area contributed by atoms with Crippen molar-refractivity contribution >= 4 is 35.2 Å². The molecule has 2 rings (SSSR count). The van der Waals surface area contributed by atoms with E-state index in [1.807, 2.05) is 6.07 Å². The summed E-state index contributed by atoms with van der Waals surface area (Å²) in [5.41, 5.74) is 0.813. The van der Waals surface area contributed by atoms with Gasteiger partial charge in [-0.05, 0) is 6.92 Å². The molecule has 136 valence electrons. The maximum Gasteiger partial charge on any atom is 0.235 e. The second-order valence-corrected chi connectivity index (χ2v) is 7.69. The molecule has 0 aliphatic carbocycles. The van der Waals surface area contributed by atoms with Crippen molar-refractivity contribution in [3.05, 3.63) is 23.6 Å². The molecule has 25 heavy (non-hydrogen) atoms. The molecule has 0 atom stereocenters. The van der Waals surface area contributed by atoms with E-state index in [0.717, 1.165) is 5.69 Å². The van der Waals surface area contributed by atoms with E-state index in [9.17, 15) is 9.59 Å². The summed E-state index contributed by atoms with van der Waals surface area (Å²) in [6.07, 6.45) is 0. The van der Waals surface area contributed by atoms with Gasteiger partial charge in [0.25, 0.3) is 0 Å². The van der Waals surface area contributed by atoms with E-state index in [0.29, 0.717) is 17.4 Å². The first-order valence-corrected chi connectivity index (χ1v) is 8.96. The zero-order valence-corrected chi connectivity index (χ0v) is 15.9. The monoisotopic (exact) mass is 365 g/mol. The van der Waals surface area contributed by atoms with E-state index in [1.54, 1.807) is 24.7 Å². The van der Waals surface area contributed by atoms with E-state index < -0.39 is 0 Å². The third kappa shape index (κ3) is 5.63. The number of carbonyl (C=O) groups excluding carboxylic acids is 2. The number of aryl methyl sites for hydroxylation is 2. The van der Waals surface area contributed by atoms with Crippen LogP contribution in [0.15, 0.2) is 16.7 Å². The molecule has 8 nitrogen and oxygen atoms in total. The summed E-state index contributed by atoms with van der Waals surface area (Å²) >= 11 is 1.22. The number of aromatic nitrogens is 3. The van der Waals surface area contributed by atoms with E-state index >= 15 is 0 Å². The molecule has 0 saturated carbocycles. The highest BCUT2D eigenvalue weighted by Crippen LogP contribution is 2.23. The second-order valence-electron chi connectivity index (χ2n) is 6.70. The Morgan fingerprint density at radius 1 is 1.20 bits per heavy atom. The number of carbonyl (C=O) groups is 2. The zero-order chi connectivity index (χ0) is 18.6. The average Bonchev–Trinajstić information content (AvgIpc) is 3.05. The minimum absolute atomic E-state index is 0.0902. The van der Waals surface area contributed by atoms with E-state index in [2.05, 4.69) is 41.7 Å². The highest BCUT2D eigenvalue weighted by atomic mass is 32.2. The van der Waals surface area contributed by atoms with Gasteiger partial charge in [0.15, 0.2) is 5.82 Å². The van der Waals surface area contributed by atoms with E-state index in [4.69, 9.17) is 4.52 Å². The van der Waals surface area contributed by atoms with Gasteiger partial charge in [-0.2, -0.15) is 5.10 Å². The molecular weight excluding hydrogens is 342 g/mol. The van der Waals surface area contributed by atoms with Gasteiger partial charge in [-0.15, -0.1) is 11.8 Å². The molecule has 9 heteroatoms. The van der Waals surface area contributed by atoms with Crippen molar-refractivity contribution in [2.24, 2.45) is 7.05 Å². The van der Waals surface area contributed by atoms with Crippen molar-refractivity contribution in [3.63, 3.8) is 0 Å². The van der Waals surface area contributed by atoms with Gasteiger partial charge in [-0.1, -0.05) is 25.9 Å². The molecule has 2 N–H and O–H groups in total. The Hall–Kier alpha value is -2.29. The van der Waals surface area contributed by atoms with Crippen molar-refractivity contribution in [1.82, 2.24) is 14.9 Å². The molecule has 0 saturated heterocycles. The van der Waals surface area contributed by atoms with Crippen molar-refractivity contribution in [3.8, 4) is 0 Å². The van der Waals surface area contributed by atoms with Crippen molar-refractivity contribution in [2.75, 3.05) is 22.1 Å². The predicted molar refractivity (Wildman–Crippen MR) is 97.7 cm³/mol. The summed E-state index contributed by atoms with van der Waals surface area (Å²) in [5.74, 6) is 1.53. The minimum Gasteiger partial charge on any atom is -0.360 e. The highest BCUT2D eigenvalue weighted by Gasteiger charge is 2.19. The van der Waals surface area contributed by atoms with Gasteiger partial charge in [-0.3, -0.25) is 14.3 Å². The Kier molecular flexibility index (Phi) is 5.89. The fourth-order valence-electron chi connectivity index (χ4n) is 1.97. The van der Waals surface area contributed by atoms with Crippen molar-refractivity contribution < 1.29 is 14.1 Å². The second kappa shape index (κ2) is 7.73. The Morgan fingerprint density at radius 2 is 1.84 bits per heavy atom. The average molecular weight is 365 g/mol. The lowest BCUT2D eigenvalue weighted by molar-refractivity contribution is -0.114. The van der Waals surface area contributed by atoms with Gasteiger partial charge >= 0.3 is 0 Å². The predicted octanol–water partition coefficient (Wildman–Crippen LogP) is 2.32. The Balaban J connectivity index is 1.77. The van der Waals surface area contributed by atoms with Crippen molar-refractivity contribution in [1.29, 1.82) is 0 Å². The first-order chi connectivity index (χ1) is 11.6.